The number of ether oxygens (including phenoxy) is 1. The second kappa shape index (κ2) is 6.84. The number of rotatable bonds is 4. The number of amides is 1. The standard InChI is InChI=1S/C19H18N4O2S/c1-12-18(21-16-6-4-3-5-15(16)20-12)22-23-17(24)11-26-19(23)13-7-9-14(25-2)10-8-13/h3-10,19H,11H2,1-2H3,(H,21,22). The number of benzene rings is 2. The fourth-order valence-electron chi connectivity index (χ4n) is 2.87. The molecule has 1 amide bonds. The number of hydrazine groups is 1. The minimum absolute atomic E-state index is 0.0187. The van der Waals surface area contributed by atoms with Gasteiger partial charge in [-0.3, -0.25) is 10.2 Å². The summed E-state index contributed by atoms with van der Waals surface area (Å²) in [6.45, 7) is 1.89. The molecular weight excluding hydrogens is 348 g/mol. The Balaban J connectivity index is 1.64. The van der Waals surface area contributed by atoms with E-state index >= 15 is 0 Å². The van der Waals surface area contributed by atoms with E-state index in [2.05, 4.69) is 15.4 Å². The first-order valence-electron chi connectivity index (χ1n) is 8.23. The van der Waals surface area contributed by atoms with Crippen LogP contribution in [-0.2, 0) is 4.79 Å². The molecule has 1 unspecified atom stereocenters. The van der Waals surface area contributed by atoms with Crippen molar-refractivity contribution in [2.24, 2.45) is 0 Å². The summed E-state index contributed by atoms with van der Waals surface area (Å²) in [6, 6.07) is 15.4. The highest BCUT2D eigenvalue weighted by atomic mass is 32.2. The van der Waals surface area contributed by atoms with Crippen molar-refractivity contribution in [2.75, 3.05) is 18.3 Å². The van der Waals surface area contributed by atoms with E-state index < -0.39 is 0 Å². The lowest BCUT2D eigenvalue weighted by Crippen LogP contribution is -2.34. The van der Waals surface area contributed by atoms with Crippen molar-refractivity contribution in [3.8, 4) is 5.75 Å². The number of para-hydroxylation sites is 2. The van der Waals surface area contributed by atoms with Crippen LogP contribution >= 0.6 is 11.8 Å². The lowest BCUT2D eigenvalue weighted by Gasteiger charge is -2.25. The Morgan fingerprint density at radius 2 is 1.81 bits per heavy atom. The van der Waals surface area contributed by atoms with Crippen molar-refractivity contribution in [1.82, 2.24) is 15.0 Å². The van der Waals surface area contributed by atoms with Gasteiger partial charge >= 0.3 is 0 Å². The van der Waals surface area contributed by atoms with Crippen LogP contribution in [-0.4, -0.2) is 33.7 Å². The van der Waals surface area contributed by atoms with Crippen LogP contribution in [0.4, 0.5) is 5.82 Å². The van der Waals surface area contributed by atoms with E-state index in [1.54, 1.807) is 23.9 Å². The van der Waals surface area contributed by atoms with E-state index in [0.29, 0.717) is 11.6 Å². The SMILES string of the molecule is COc1ccc(C2SCC(=O)N2Nc2nc3ccccc3nc2C)cc1. The molecule has 2 heterocycles. The summed E-state index contributed by atoms with van der Waals surface area (Å²) in [5, 5.41) is 1.51. The third-order valence-electron chi connectivity index (χ3n) is 4.24. The molecule has 6 nitrogen and oxygen atoms in total. The lowest BCUT2D eigenvalue weighted by molar-refractivity contribution is -0.126. The fourth-order valence-corrected chi connectivity index (χ4v) is 3.98. The largest absolute Gasteiger partial charge is 0.497 e. The number of hydrogen-bond donors (Lipinski definition) is 1. The van der Waals surface area contributed by atoms with Crippen LogP contribution in [0.3, 0.4) is 0 Å². The molecule has 7 heteroatoms. The predicted octanol–water partition coefficient (Wildman–Crippen LogP) is 3.55. The Morgan fingerprint density at radius 1 is 1.12 bits per heavy atom. The Bertz CT molecular complexity index is 961. The molecule has 4 rings (SSSR count). The van der Waals surface area contributed by atoms with E-state index in [1.165, 1.54) is 0 Å². The molecule has 2 aromatic carbocycles. The maximum atomic E-state index is 12.4. The molecule has 1 aliphatic heterocycles. The number of carbonyl (C=O) groups is 1. The molecule has 0 radical (unpaired) electrons. The summed E-state index contributed by atoms with van der Waals surface area (Å²) in [6.07, 6.45) is 0. The Hall–Kier alpha value is -2.80. The number of aryl methyl sites for hydroxylation is 1. The number of fused-ring (bicyclic) bond motifs is 1. The Morgan fingerprint density at radius 3 is 2.50 bits per heavy atom. The Kier molecular flexibility index (Phi) is 4.38. The summed E-state index contributed by atoms with van der Waals surface area (Å²) in [5.41, 5.74) is 6.60. The number of nitrogens with one attached hydrogen (secondary N) is 1. The highest BCUT2D eigenvalue weighted by molar-refractivity contribution is 8.00. The summed E-state index contributed by atoms with van der Waals surface area (Å²) >= 11 is 1.58. The van der Waals surface area contributed by atoms with E-state index in [1.807, 2.05) is 55.5 Å². The third kappa shape index (κ3) is 3.06. The van der Waals surface area contributed by atoms with Gasteiger partial charge in [0.05, 0.1) is 29.6 Å². The van der Waals surface area contributed by atoms with E-state index in [-0.39, 0.29) is 11.3 Å². The van der Waals surface area contributed by atoms with Gasteiger partial charge in [-0.25, -0.2) is 15.0 Å². The average Bonchev–Trinajstić information content (AvgIpc) is 3.03. The molecule has 26 heavy (non-hydrogen) atoms. The summed E-state index contributed by atoms with van der Waals surface area (Å²) in [5.74, 6) is 1.83. The summed E-state index contributed by atoms with van der Waals surface area (Å²) < 4.78 is 5.21. The third-order valence-corrected chi connectivity index (χ3v) is 5.45. The molecule has 1 N–H and O–H groups in total. The molecule has 0 spiro atoms. The molecule has 0 saturated carbocycles. The number of aromatic nitrogens is 2. The van der Waals surface area contributed by atoms with Gasteiger partial charge in [0, 0.05) is 0 Å². The van der Waals surface area contributed by atoms with E-state index in [4.69, 9.17) is 4.74 Å². The highest BCUT2D eigenvalue weighted by Crippen LogP contribution is 2.39. The van der Waals surface area contributed by atoms with Crippen LogP contribution in [0.25, 0.3) is 11.0 Å². The number of thioether (sulfide) groups is 1. The van der Waals surface area contributed by atoms with Gasteiger partial charge in [-0.05, 0) is 36.8 Å². The molecule has 1 saturated heterocycles. The maximum absolute atomic E-state index is 12.4. The molecule has 0 bridgehead atoms. The van der Waals surface area contributed by atoms with Crippen molar-refractivity contribution in [1.29, 1.82) is 0 Å². The molecule has 1 fully saturated rings. The zero-order valence-corrected chi connectivity index (χ0v) is 15.3. The molecule has 1 aromatic heterocycles. The van der Waals surface area contributed by atoms with Crippen LogP contribution in [0.2, 0.25) is 0 Å². The molecule has 1 atom stereocenters. The monoisotopic (exact) mass is 366 g/mol. The minimum Gasteiger partial charge on any atom is -0.497 e. The van der Waals surface area contributed by atoms with Gasteiger partial charge in [0.1, 0.15) is 11.1 Å². The molecule has 132 valence electrons. The molecule has 3 aromatic rings. The molecule has 0 aliphatic carbocycles. The van der Waals surface area contributed by atoms with Crippen LogP contribution in [0, 0.1) is 6.92 Å². The van der Waals surface area contributed by atoms with Crippen molar-refractivity contribution < 1.29 is 9.53 Å². The van der Waals surface area contributed by atoms with Crippen molar-refractivity contribution in [2.45, 2.75) is 12.3 Å². The van der Waals surface area contributed by atoms with Gasteiger partial charge < -0.3 is 4.74 Å². The maximum Gasteiger partial charge on any atom is 0.252 e. The number of nitrogens with zero attached hydrogens (tertiary/aromatic N) is 3. The first kappa shape index (κ1) is 16.7. The number of methoxy groups -OCH3 is 1. The van der Waals surface area contributed by atoms with Crippen LogP contribution < -0.4 is 10.2 Å². The molecular formula is C19H18N4O2S. The molecule has 1 aliphatic rings. The Labute approximate surface area is 155 Å². The summed E-state index contributed by atoms with van der Waals surface area (Å²) in [7, 11) is 1.64. The van der Waals surface area contributed by atoms with Crippen LogP contribution in [0.5, 0.6) is 5.75 Å². The quantitative estimate of drug-likeness (QED) is 0.762. The lowest BCUT2D eigenvalue weighted by atomic mass is 10.2. The van der Waals surface area contributed by atoms with Gasteiger partial charge in [0.2, 0.25) is 0 Å². The average molecular weight is 366 g/mol. The van der Waals surface area contributed by atoms with Crippen molar-refractivity contribution in [3.63, 3.8) is 0 Å². The highest BCUT2D eigenvalue weighted by Gasteiger charge is 2.34. The van der Waals surface area contributed by atoms with E-state index in [9.17, 15) is 4.79 Å². The predicted molar refractivity (Wildman–Crippen MR) is 103 cm³/mol. The number of carbonyl (C=O) groups excluding carboxylic acids is 1. The number of anilines is 1. The minimum atomic E-state index is -0.124. The second-order valence-electron chi connectivity index (χ2n) is 5.96. The fraction of sp³-hybridized carbons (Fsp3) is 0.211. The van der Waals surface area contributed by atoms with Crippen molar-refractivity contribution >= 4 is 34.5 Å². The smallest absolute Gasteiger partial charge is 0.252 e. The summed E-state index contributed by atoms with van der Waals surface area (Å²) in [4.78, 5) is 21.6. The number of hydrogen-bond acceptors (Lipinski definition) is 6. The van der Waals surface area contributed by atoms with Crippen LogP contribution in [0.15, 0.2) is 48.5 Å². The van der Waals surface area contributed by atoms with Crippen molar-refractivity contribution in [3.05, 3.63) is 59.8 Å². The topological polar surface area (TPSA) is 67.3 Å². The van der Waals surface area contributed by atoms with Gasteiger partial charge in [0.25, 0.3) is 5.91 Å². The van der Waals surface area contributed by atoms with Gasteiger partial charge in [-0.1, -0.05) is 24.3 Å². The first-order valence-corrected chi connectivity index (χ1v) is 9.28. The van der Waals surface area contributed by atoms with Gasteiger partial charge in [-0.2, -0.15) is 0 Å². The van der Waals surface area contributed by atoms with Gasteiger partial charge in [0.15, 0.2) is 5.82 Å². The van der Waals surface area contributed by atoms with Crippen LogP contribution in [0.1, 0.15) is 16.6 Å². The zero-order chi connectivity index (χ0) is 18.1. The van der Waals surface area contributed by atoms with E-state index in [0.717, 1.165) is 28.0 Å². The second-order valence-corrected chi connectivity index (χ2v) is 7.03. The van der Waals surface area contributed by atoms with Gasteiger partial charge in [-0.15, -0.1) is 11.8 Å². The normalized spacial score (nSPS) is 16.9. The zero-order valence-electron chi connectivity index (χ0n) is 14.5. The first-order chi connectivity index (χ1) is 12.7.